The van der Waals surface area contributed by atoms with Gasteiger partial charge in [-0.2, -0.15) is 0 Å². The van der Waals surface area contributed by atoms with Gasteiger partial charge in [-0.1, -0.05) is 12.1 Å². The monoisotopic (exact) mass is 230 g/mol. The summed E-state index contributed by atoms with van der Waals surface area (Å²) in [6.07, 6.45) is 0. The zero-order valence-electron chi connectivity index (χ0n) is 10.2. The van der Waals surface area contributed by atoms with Gasteiger partial charge < -0.3 is 15.8 Å². The fourth-order valence-electron chi connectivity index (χ4n) is 1.74. The Hall–Kier alpha value is -1.74. The summed E-state index contributed by atoms with van der Waals surface area (Å²) >= 11 is 0. The van der Waals surface area contributed by atoms with Gasteiger partial charge in [0.05, 0.1) is 7.11 Å². The zero-order valence-corrected chi connectivity index (χ0v) is 10.2. The van der Waals surface area contributed by atoms with E-state index in [-0.39, 0.29) is 6.04 Å². The highest BCUT2D eigenvalue weighted by Crippen LogP contribution is 2.23. The second-order valence-electron chi connectivity index (χ2n) is 4.29. The first-order valence-electron chi connectivity index (χ1n) is 5.76. The Kier molecular flexibility index (Phi) is 3.49. The average molecular weight is 230 g/mol. The summed E-state index contributed by atoms with van der Waals surface area (Å²) in [5.41, 5.74) is 6.81. The van der Waals surface area contributed by atoms with Crippen LogP contribution >= 0.6 is 0 Å². The van der Waals surface area contributed by atoms with Crippen LogP contribution < -0.4 is 15.8 Å². The molecule has 0 heterocycles. The smallest absolute Gasteiger partial charge is 0.119 e. The molecule has 0 aliphatic heterocycles. The maximum absolute atomic E-state index is 5.71. The molecule has 3 nitrogen and oxygen atoms in total. The van der Waals surface area contributed by atoms with Crippen molar-refractivity contribution in [2.45, 2.75) is 13.0 Å². The Bertz CT molecular complexity index is 509. The van der Waals surface area contributed by atoms with Crippen molar-refractivity contribution in [2.24, 2.45) is 5.73 Å². The molecule has 2 aromatic rings. The Morgan fingerprint density at radius 1 is 1.18 bits per heavy atom. The molecule has 2 aromatic carbocycles. The van der Waals surface area contributed by atoms with Gasteiger partial charge in [-0.25, -0.2) is 0 Å². The van der Waals surface area contributed by atoms with Crippen LogP contribution in [0, 0.1) is 0 Å². The highest BCUT2D eigenvalue weighted by atomic mass is 16.5. The lowest BCUT2D eigenvalue weighted by molar-refractivity contribution is 0.415. The van der Waals surface area contributed by atoms with Gasteiger partial charge in [0, 0.05) is 18.3 Å². The van der Waals surface area contributed by atoms with Crippen LogP contribution in [0.25, 0.3) is 10.8 Å². The van der Waals surface area contributed by atoms with Crippen LogP contribution in [0.3, 0.4) is 0 Å². The van der Waals surface area contributed by atoms with Crippen LogP contribution in [-0.4, -0.2) is 19.7 Å². The van der Waals surface area contributed by atoms with Crippen LogP contribution in [0.1, 0.15) is 6.92 Å². The largest absolute Gasteiger partial charge is 0.497 e. The number of nitrogens with two attached hydrogens (primary N) is 1. The normalized spacial score (nSPS) is 12.4. The number of benzene rings is 2. The predicted octanol–water partition coefficient (Wildman–Crippen LogP) is 2.61. The van der Waals surface area contributed by atoms with E-state index in [4.69, 9.17) is 10.5 Å². The van der Waals surface area contributed by atoms with E-state index < -0.39 is 0 Å². The number of anilines is 1. The molecule has 0 radical (unpaired) electrons. The molecule has 0 fully saturated rings. The first kappa shape index (κ1) is 11.7. The molecule has 0 aliphatic rings. The van der Waals surface area contributed by atoms with E-state index in [1.165, 1.54) is 10.8 Å². The standard InChI is InChI=1S/C14H18N2O/c1-10(15)9-16-13-5-3-12-8-14(17-2)6-4-11(12)7-13/h3-8,10,16H,9,15H2,1-2H3. The number of ether oxygens (including phenoxy) is 1. The number of hydrogen-bond donors (Lipinski definition) is 2. The molecule has 0 saturated carbocycles. The summed E-state index contributed by atoms with van der Waals surface area (Å²) in [5, 5.41) is 5.68. The van der Waals surface area contributed by atoms with Crippen molar-refractivity contribution in [1.29, 1.82) is 0 Å². The van der Waals surface area contributed by atoms with Crippen LogP contribution in [0.2, 0.25) is 0 Å². The Labute approximate surface area is 102 Å². The first-order chi connectivity index (χ1) is 8.19. The van der Waals surface area contributed by atoms with Crippen molar-refractivity contribution in [3.05, 3.63) is 36.4 Å². The molecule has 0 saturated heterocycles. The second-order valence-corrected chi connectivity index (χ2v) is 4.29. The number of rotatable bonds is 4. The number of hydrogen-bond acceptors (Lipinski definition) is 3. The summed E-state index contributed by atoms with van der Waals surface area (Å²) in [6, 6.07) is 12.5. The van der Waals surface area contributed by atoms with Crippen molar-refractivity contribution in [1.82, 2.24) is 0 Å². The van der Waals surface area contributed by atoms with E-state index in [9.17, 15) is 0 Å². The average Bonchev–Trinajstić information content (AvgIpc) is 2.35. The molecular formula is C14H18N2O. The molecule has 3 N–H and O–H groups in total. The molecule has 0 bridgehead atoms. The lowest BCUT2D eigenvalue weighted by Gasteiger charge is -2.10. The second kappa shape index (κ2) is 5.06. The van der Waals surface area contributed by atoms with E-state index in [1.807, 2.05) is 19.1 Å². The zero-order chi connectivity index (χ0) is 12.3. The third-order valence-electron chi connectivity index (χ3n) is 2.68. The lowest BCUT2D eigenvalue weighted by Crippen LogP contribution is -2.25. The lowest BCUT2D eigenvalue weighted by atomic mass is 10.1. The van der Waals surface area contributed by atoms with Crippen molar-refractivity contribution in [3.8, 4) is 5.75 Å². The van der Waals surface area contributed by atoms with Gasteiger partial charge >= 0.3 is 0 Å². The van der Waals surface area contributed by atoms with E-state index in [0.29, 0.717) is 0 Å². The molecule has 0 aliphatic carbocycles. The minimum Gasteiger partial charge on any atom is -0.497 e. The van der Waals surface area contributed by atoms with Crippen LogP contribution in [0.4, 0.5) is 5.69 Å². The van der Waals surface area contributed by atoms with Crippen molar-refractivity contribution >= 4 is 16.5 Å². The minimum atomic E-state index is 0.154. The number of nitrogens with one attached hydrogen (secondary N) is 1. The SMILES string of the molecule is COc1ccc2cc(NCC(C)N)ccc2c1. The Balaban J connectivity index is 2.25. The predicted molar refractivity (Wildman–Crippen MR) is 72.6 cm³/mol. The highest BCUT2D eigenvalue weighted by Gasteiger charge is 1.99. The van der Waals surface area contributed by atoms with E-state index in [2.05, 4.69) is 29.6 Å². The molecule has 3 heteroatoms. The van der Waals surface area contributed by atoms with Gasteiger partial charge in [0.25, 0.3) is 0 Å². The molecular weight excluding hydrogens is 212 g/mol. The van der Waals surface area contributed by atoms with E-state index >= 15 is 0 Å². The third kappa shape index (κ3) is 2.88. The number of methoxy groups -OCH3 is 1. The maximum Gasteiger partial charge on any atom is 0.119 e. The van der Waals surface area contributed by atoms with Crippen molar-refractivity contribution in [2.75, 3.05) is 19.0 Å². The van der Waals surface area contributed by atoms with Gasteiger partial charge in [0.1, 0.15) is 5.75 Å². The quantitative estimate of drug-likeness (QED) is 0.848. The third-order valence-corrected chi connectivity index (χ3v) is 2.68. The van der Waals surface area contributed by atoms with Gasteiger partial charge in [-0.3, -0.25) is 0 Å². The molecule has 1 atom stereocenters. The van der Waals surface area contributed by atoms with E-state index in [1.54, 1.807) is 7.11 Å². The van der Waals surface area contributed by atoms with Crippen molar-refractivity contribution < 1.29 is 4.74 Å². The Morgan fingerprint density at radius 2 is 1.88 bits per heavy atom. The van der Waals surface area contributed by atoms with Gasteiger partial charge in [-0.15, -0.1) is 0 Å². The fraction of sp³-hybridized carbons (Fsp3) is 0.286. The fourth-order valence-corrected chi connectivity index (χ4v) is 1.74. The molecule has 0 amide bonds. The molecule has 17 heavy (non-hydrogen) atoms. The van der Waals surface area contributed by atoms with Crippen LogP contribution in [-0.2, 0) is 0 Å². The summed E-state index contributed by atoms with van der Waals surface area (Å²) in [5.74, 6) is 0.883. The maximum atomic E-state index is 5.71. The molecule has 2 rings (SSSR count). The summed E-state index contributed by atoms with van der Waals surface area (Å²) in [4.78, 5) is 0. The molecule has 90 valence electrons. The number of fused-ring (bicyclic) bond motifs is 1. The van der Waals surface area contributed by atoms with E-state index in [0.717, 1.165) is 18.0 Å². The van der Waals surface area contributed by atoms with Gasteiger partial charge in [-0.05, 0) is 42.0 Å². The van der Waals surface area contributed by atoms with Crippen LogP contribution in [0.5, 0.6) is 5.75 Å². The molecule has 0 aromatic heterocycles. The van der Waals surface area contributed by atoms with Gasteiger partial charge in [0.15, 0.2) is 0 Å². The van der Waals surface area contributed by atoms with Crippen LogP contribution in [0.15, 0.2) is 36.4 Å². The van der Waals surface area contributed by atoms with Gasteiger partial charge in [0.2, 0.25) is 0 Å². The van der Waals surface area contributed by atoms with Crippen molar-refractivity contribution in [3.63, 3.8) is 0 Å². The summed E-state index contributed by atoms with van der Waals surface area (Å²) < 4.78 is 5.20. The topological polar surface area (TPSA) is 47.3 Å². The first-order valence-corrected chi connectivity index (χ1v) is 5.76. The Morgan fingerprint density at radius 3 is 2.59 bits per heavy atom. The summed E-state index contributed by atoms with van der Waals surface area (Å²) in [7, 11) is 1.68. The molecule has 1 unspecified atom stereocenters. The summed E-state index contributed by atoms with van der Waals surface area (Å²) in [6.45, 7) is 2.76. The minimum absolute atomic E-state index is 0.154. The highest BCUT2D eigenvalue weighted by molar-refractivity contribution is 5.86. The molecule has 0 spiro atoms.